The van der Waals surface area contributed by atoms with E-state index in [1.807, 2.05) is 25.1 Å². The van der Waals surface area contributed by atoms with E-state index in [9.17, 15) is 9.59 Å². The van der Waals surface area contributed by atoms with Crippen molar-refractivity contribution in [1.82, 2.24) is 14.5 Å². The second-order valence-corrected chi connectivity index (χ2v) is 7.91. The lowest BCUT2D eigenvalue weighted by Crippen LogP contribution is -2.19. The van der Waals surface area contributed by atoms with Gasteiger partial charge in [0.2, 0.25) is 0 Å². The third kappa shape index (κ3) is 2.98. The first kappa shape index (κ1) is 17.6. The molecule has 0 saturated heterocycles. The second-order valence-electron chi connectivity index (χ2n) is 5.88. The summed E-state index contributed by atoms with van der Waals surface area (Å²) in [5, 5.41) is 3.84. The minimum atomic E-state index is -0.288. The first-order valence-corrected chi connectivity index (χ1v) is 9.89. The Morgan fingerprint density at radius 1 is 1.33 bits per heavy atom. The van der Waals surface area contributed by atoms with Crippen molar-refractivity contribution < 1.29 is 9.53 Å². The summed E-state index contributed by atoms with van der Waals surface area (Å²) >= 11 is 2.59. The van der Waals surface area contributed by atoms with E-state index in [-0.39, 0.29) is 11.5 Å². The number of carbonyl (C=O) groups is 1. The number of hydrogen-bond donors (Lipinski definition) is 1. The summed E-state index contributed by atoms with van der Waals surface area (Å²) in [6.45, 7) is 4.19. The number of hydrogen-bond acceptors (Lipinski definition) is 7. The van der Waals surface area contributed by atoms with Crippen LogP contribution in [0.5, 0.6) is 5.75 Å². The van der Waals surface area contributed by atoms with E-state index in [2.05, 4.69) is 15.3 Å². The van der Waals surface area contributed by atoms with Crippen molar-refractivity contribution in [1.29, 1.82) is 0 Å². The van der Waals surface area contributed by atoms with Gasteiger partial charge in [-0.3, -0.25) is 19.5 Å². The summed E-state index contributed by atoms with van der Waals surface area (Å²) in [7, 11) is 1.61. The van der Waals surface area contributed by atoms with E-state index in [0.29, 0.717) is 32.3 Å². The van der Waals surface area contributed by atoms with Gasteiger partial charge in [-0.25, -0.2) is 9.97 Å². The van der Waals surface area contributed by atoms with E-state index in [1.165, 1.54) is 33.6 Å². The summed E-state index contributed by atoms with van der Waals surface area (Å²) in [6.07, 6.45) is 1.52. The minimum Gasteiger partial charge on any atom is -0.497 e. The number of fused-ring (bicyclic) bond motifs is 2. The molecule has 0 fully saturated rings. The molecule has 0 aliphatic heterocycles. The van der Waals surface area contributed by atoms with Crippen LogP contribution in [0.15, 0.2) is 29.3 Å². The molecule has 0 aliphatic carbocycles. The van der Waals surface area contributed by atoms with E-state index in [0.717, 1.165) is 16.0 Å². The summed E-state index contributed by atoms with van der Waals surface area (Å²) < 4.78 is 7.67. The van der Waals surface area contributed by atoms with Crippen molar-refractivity contribution in [2.75, 3.05) is 12.4 Å². The van der Waals surface area contributed by atoms with Gasteiger partial charge in [0, 0.05) is 6.54 Å². The van der Waals surface area contributed by atoms with E-state index >= 15 is 0 Å². The highest BCUT2D eigenvalue weighted by atomic mass is 32.1. The number of benzene rings is 1. The molecule has 0 spiro atoms. The summed E-state index contributed by atoms with van der Waals surface area (Å²) in [4.78, 5) is 35.1. The average molecular weight is 400 g/mol. The minimum absolute atomic E-state index is 0.123. The number of carbonyl (C=O) groups excluding carboxylic acids is 1. The molecule has 7 nitrogen and oxygen atoms in total. The molecular weight excluding hydrogens is 384 g/mol. The molecule has 0 radical (unpaired) electrons. The quantitative estimate of drug-likeness (QED) is 0.565. The zero-order valence-electron chi connectivity index (χ0n) is 14.9. The SMILES string of the molecule is CCn1cnc2sc(C(=O)Nc3nc4ccc(OC)cc4s3)c(C)c2c1=O. The van der Waals surface area contributed by atoms with Crippen LogP contribution in [0.4, 0.5) is 5.13 Å². The Balaban J connectivity index is 1.70. The zero-order chi connectivity index (χ0) is 19.1. The third-order valence-corrected chi connectivity index (χ3v) is 6.41. The Bertz CT molecular complexity index is 1240. The molecule has 0 saturated carbocycles. The summed E-state index contributed by atoms with van der Waals surface area (Å²) in [5.74, 6) is 0.451. The predicted octanol–water partition coefficient (Wildman–Crippen LogP) is 3.66. The first-order valence-electron chi connectivity index (χ1n) is 8.26. The van der Waals surface area contributed by atoms with Gasteiger partial charge in [0.05, 0.1) is 33.9 Å². The molecule has 27 heavy (non-hydrogen) atoms. The molecule has 0 bridgehead atoms. The lowest BCUT2D eigenvalue weighted by atomic mass is 10.2. The fourth-order valence-electron chi connectivity index (χ4n) is 2.84. The smallest absolute Gasteiger partial charge is 0.267 e. The van der Waals surface area contributed by atoms with Crippen LogP contribution in [0.25, 0.3) is 20.4 Å². The van der Waals surface area contributed by atoms with Crippen LogP contribution >= 0.6 is 22.7 Å². The third-order valence-electron chi connectivity index (χ3n) is 4.28. The zero-order valence-corrected chi connectivity index (χ0v) is 16.5. The summed E-state index contributed by atoms with van der Waals surface area (Å²) in [5.41, 5.74) is 1.31. The van der Waals surface area contributed by atoms with Gasteiger partial charge in [-0.05, 0) is 37.6 Å². The maximum Gasteiger partial charge on any atom is 0.267 e. The number of anilines is 1. The highest BCUT2D eigenvalue weighted by Gasteiger charge is 2.20. The van der Waals surface area contributed by atoms with Gasteiger partial charge in [0.25, 0.3) is 11.5 Å². The highest BCUT2D eigenvalue weighted by molar-refractivity contribution is 7.23. The van der Waals surface area contributed by atoms with Gasteiger partial charge in [-0.15, -0.1) is 11.3 Å². The lowest BCUT2D eigenvalue weighted by molar-refractivity contribution is 0.103. The molecule has 4 rings (SSSR count). The Labute approximate surface area is 162 Å². The first-order chi connectivity index (χ1) is 13.0. The number of ether oxygens (including phenoxy) is 1. The largest absolute Gasteiger partial charge is 0.497 e. The standard InChI is InChI=1S/C18H16N4O3S2/c1-4-22-8-19-16-13(17(22)24)9(2)14(27-16)15(23)21-18-20-11-6-5-10(25-3)7-12(11)26-18/h5-8H,4H2,1-3H3,(H,20,21,23). The molecule has 1 N–H and O–H groups in total. The van der Waals surface area contributed by atoms with Gasteiger partial charge < -0.3 is 4.74 Å². The molecule has 138 valence electrons. The molecule has 9 heteroatoms. The molecule has 0 unspecified atom stereocenters. The van der Waals surface area contributed by atoms with Gasteiger partial charge in [-0.1, -0.05) is 11.3 Å². The van der Waals surface area contributed by atoms with Gasteiger partial charge in [0.15, 0.2) is 5.13 Å². The number of amides is 1. The number of thiophene rings is 1. The second kappa shape index (κ2) is 6.75. The number of methoxy groups -OCH3 is 1. The number of nitrogens with zero attached hydrogens (tertiary/aromatic N) is 3. The van der Waals surface area contributed by atoms with E-state index < -0.39 is 0 Å². The fraction of sp³-hybridized carbons (Fsp3) is 0.222. The summed E-state index contributed by atoms with van der Waals surface area (Å²) in [6, 6.07) is 5.56. The fourth-order valence-corrected chi connectivity index (χ4v) is 4.76. The lowest BCUT2D eigenvalue weighted by Gasteiger charge is -2.01. The molecular formula is C18H16N4O3S2. The van der Waals surface area contributed by atoms with Crippen LogP contribution in [0.2, 0.25) is 0 Å². The van der Waals surface area contributed by atoms with Gasteiger partial charge >= 0.3 is 0 Å². The maximum absolute atomic E-state index is 12.8. The van der Waals surface area contributed by atoms with Crippen LogP contribution in [-0.2, 0) is 6.54 Å². The van der Waals surface area contributed by atoms with Crippen molar-refractivity contribution in [3.63, 3.8) is 0 Å². The van der Waals surface area contributed by atoms with Crippen molar-refractivity contribution in [2.45, 2.75) is 20.4 Å². The van der Waals surface area contributed by atoms with Crippen LogP contribution in [0, 0.1) is 6.92 Å². The van der Waals surface area contributed by atoms with Crippen molar-refractivity contribution in [3.05, 3.63) is 45.3 Å². The Hall–Kier alpha value is -2.78. The Kier molecular flexibility index (Phi) is 4.40. The molecule has 4 aromatic rings. The van der Waals surface area contributed by atoms with Crippen LogP contribution in [0.1, 0.15) is 22.2 Å². The monoisotopic (exact) mass is 400 g/mol. The molecule has 1 amide bonds. The van der Waals surface area contributed by atoms with Crippen LogP contribution in [0.3, 0.4) is 0 Å². The van der Waals surface area contributed by atoms with E-state index in [4.69, 9.17) is 4.74 Å². The van der Waals surface area contributed by atoms with Crippen LogP contribution in [-0.4, -0.2) is 27.6 Å². The highest BCUT2D eigenvalue weighted by Crippen LogP contribution is 2.31. The van der Waals surface area contributed by atoms with Crippen molar-refractivity contribution in [2.24, 2.45) is 0 Å². The topological polar surface area (TPSA) is 86.1 Å². The number of thiazole rings is 1. The number of aryl methyl sites for hydroxylation is 2. The number of rotatable bonds is 4. The molecule has 0 atom stereocenters. The normalized spacial score (nSPS) is 11.2. The maximum atomic E-state index is 12.8. The average Bonchev–Trinajstić information content (AvgIpc) is 3.22. The molecule has 3 heterocycles. The van der Waals surface area contributed by atoms with Gasteiger partial charge in [-0.2, -0.15) is 0 Å². The molecule has 0 aliphatic rings. The van der Waals surface area contributed by atoms with Crippen molar-refractivity contribution >= 4 is 54.1 Å². The van der Waals surface area contributed by atoms with Crippen molar-refractivity contribution in [3.8, 4) is 5.75 Å². The number of aromatic nitrogens is 3. The van der Waals surface area contributed by atoms with Gasteiger partial charge in [0.1, 0.15) is 10.6 Å². The predicted molar refractivity (Wildman–Crippen MR) is 108 cm³/mol. The van der Waals surface area contributed by atoms with Crippen LogP contribution < -0.4 is 15.6 Å². The number of nitrogens with one attached hydrogen (secondary N) is 1. The molecule has 1 aromatic carbocycles. The molecule has 3 aromatic heterocycles. The van der Waals surface area contributed by atoms with E-state index in [1.54, 1.807) is 14.0 Å². The Morgan fingerprint density at radius 3 is 2.89 bits per heavy atom. The Morgan fingerprint density at radius 2 is 2.15 bits per heavy atom.